The number of carboxylic acids is 1. The van der Waals surface area contributed by atoms with E-state index in [4.69, 9.17) is 21.4 Å². The van der Waals surface area contributed by atoms with E-state index < -0.39 is 5.97 Å². The molecule has 0 saturated carbocycles. The first-order valence-corrected chi connectivity index (χ1v) is 10.1. The third-order valence-electron chi connectivity index (χ3n) is 3.84. The molecule has 3 aromatic carbocycles. The molecular formula is C21H14Br2ClNO3. The number of carbonyl (C=O) groups is 1. The van der Waals surface area contributed by atoms with E-state index in [-0.39, 0.29) is 5.56 Å². The Bertz CT molecular complexity index is 1040. The third-order valence-corrected chi connectivity index (χ3v) is 5.39. The number of carboxylic acid groups (broad SMARTS) is 1. The quantitative estimate of drug-likeness (QED) is 0.358. The fourth-order valence-corrected chi connectivity index (χ4v) is 3.67. The van der Waals surface area contributed by atoms with Crippen molar-refractivity contribution in [1.82, 2.24) is 0 Å². The first-order valence-electron chi connectivity index (χ1n) is 8.16. The Morgan fingerprint density at radius 2 is 1.82 bits per heavy atom. The number of nitrogens with zero attached hydrogens (tertiary/aromatic N) is 1. The largest absolute Gasteiger partial charge is 0.489 e. The van der Waals surface area contributed by atoms with Crippen molar-refractivity contribution in [3.8, 4) is 5.75 Å². The summed E-state index contributed by atoms with van der Waals surface area (Å²) in [6, 6.07) is 17.8. The monoisotopic (exact) mass is 521 g/mol. The van der Waals surface area contributed by atoms with E-state index in [2.05, 4.69) is 36.9 Å². The van der Waals surface area contributed by atoms with E-state index in [1.54, 1.807) is 6.21 Å². The Balaban J connectivity index is 1.67. The molecule has 0 radical (unpaired) electrons. The molecule has 0 atom stereocenters. The maximum absolute atomic E-state index is 11.1. The fraction of sp³-hybridized carbons (Fsp3) is 0.0476. The van der Waals surface area contributed by atoms with Gasteiger partial charge in [-0.1, -0.05) is 49.5 Å². The molecule has 3 rings (SSSR count). The fourth-order valence-electron chi connectivity index (χ4n) is 2.34. The van der Waals surface area contributed by atoms with Gasteiger partial charge in [0.05, 0.1) is 16.3 Å². The lowest BCUT2D eigenvalue weighted by atomic mass is 10.2. The molecule has 0 amide bonds. The molecule has 28 heavy (non-hydrogen) atoms. The van der Waals surface area contributed by atoms with Crippen molar-refractivity contribution in [3.63, 3.8) is 0 Å². The molecule has 0 aromatic heterocycles. The number of ether oxygens (including phenoxy) is 1. The van der Waals surface area contributed by atoms with Crippen LogP contribution in [0.15, 0.2) is 74.6 Å². The second-order valence-corrected chi connectivity index (χ2v) is 8.00. The predicted octanol–water partition coefficient (Wildman–Crippen LogP) is 6.89. The number of hydrogen-bond acceptors (Lipinski definition) is 3. The van der Waals surface area contributed by atoms with Crippen molar-refractivity contribution in [3.05, 3.63) is 91.3 Å². The summed E-state index contributed by atoms with van der Waals surface area (Å²) in [5, 5.41) is 9.46. The molecule has 7 heteroatoms. The van der Waals surface area contributed by atoms with Crippen molar-refractivity contribution in [2.75, 3.05) is 0 Å². The summed E-state index contributed by atoms with van der Waals surface area (Å²) in [4.78, 5) is 15.4. The molecule has 0 saturated heterocycles. The number of halogens is 3. The summed E-state index contributed by atoms with van der Waals surface area (Å²) in [7, 11) is 0. The predicted molar refractivity (Wildman–Crippen MR) is 118 cm³/mol. The van der Waals surface area contributed by atoms with Gasteiger partial charge in [0.2, 0.25) is 0 Å². The van der Waals surface area contributed by atoms with Crippen LogP contribution in [0.1, 0.15) is 21.5 Å². The number of aliphatic imine (C=N–C) groups is 1. The van der Waals surface area contributed by atoms with E-state index in [0.717, 1.165) is 25.8 Å². The molecule has 0 aliphatic heterocycles. The Morgan fingerprint density at radius 1 is 1.07 bits per heavy atom. The van der Waals surface area contributed by atoms with E-state index in [0.29, 0.717) is 17.3 Å². The lowest BCUT2D eigenvalue weighted by Gasteiger charge is -2.08. The van der Waals surface area contributed by atoms with Crippen molar-refractivity contribution in [1.29, 1.82) is 0 Å². The Labute approximate surface area is 184 Å². The summed E-state index contributed by atoms with van der Waals surface area (Å²) in [5.74, 6) is -0.287. The van der Waals surface area contributed by atoms with Gasteiger partial charge >= 0.3 is 5.97 Å². The van der Waals surface area contributed by atoms with Gasteiger partial charge in [0.15, 0.2) is 0 Å². The molecule has 0 unspecified atom stereocenters. The minimum absolute atomic E-state index is 0.138. The zero-order valence-corrected chi connectivity index (χ0v) is 18.3. The Kier molecular flexibility index (Phi) is 6.88. The van der Waals surface area contributed by atoms with Gasteiger partial charge in [-0.2, -0.15) is 0 Å². The van der Waals surface area contributed by atoms with Crippen LogP contribution >= 0.6 is 43.5 Å². The first-order chi connectivity index (χ1) is 13.4. The van der Waals surface area contributed by atoms with Crippen LogP contribution in [0.5, 0.6) is 5.75 Å². The molecule has 0 bridgehead atoms. The van der Waals surface area contributed by atoms with Crippen LogP contribution in [-0.4, -0.2) is 17.3 Å². The van der Waals surface area contributed by atoms with Gasteiger partial charge in [-0.05, 0) is 60.2 Å². The zero-order valence-electron chi connectivity index (χ0n) is 14.4. The number of benzene rings is 3. The zero-order chi connectivity index (χ0) is 20.1. The van der Waals surface area contributed by atoms with Crippen LogP contribution < -0.4 is 4.74 Å². The summed E-state index contributed by atoms with van der Waals surface area (Å²) in [6.45, 7) is 0.443. The standard InChI is InChI=1S/C21H14Br2ClNO3/c22-16-5-3-15(18(23)10-16)12-28-17-6-1-13(2-7-17)11-25-20-9-14(21(26)27)4-8-19(20)24/h1-11H,12H2,(H,26,27). The topological polar surface area (TPSA) is 58.9 Å². The highest BCUT2D eigenvalue weighted by Crippen LogP contribution is 2.26. The molecule has 0 aliphatic carbocycles. The van der Waals surface area contributed by atoms with Gasteiger partial charge in [-0.3, -0.25) is 4.99 Å². The van der Waals surface area contributed by atoms with Crippen LogP contribution in [0, 0.1) is 0 Å². The highest BCUT2D eigenvalue weighted by Gasteiger charge is 2.06. The number of rotatable bonds is 6. The van der Waals surface area contributed by atoms with Crippen molar-refractivity contribution < 1.29 is 14.6 Å². The average molecular weight is 524 g/mol. The van der Waals surface area contributed by atoms with E-state index >= 15 is 0 Å². The number of hydrogen-bond donors (Lipinski definition) is 1. The normalized spacial score (nSPS) is 11.0. The lowest BCUT2D eigenvalue weighted by Crippen LogP contribution is -1.96. The molecule has 1 N–H and O–H groups in total. The van der Waals surface area contributed by atoms with Gasteiger partial charge in [0.1, 0.15) is 12.4 Å². The van der Waals surface area contributed by atoms with Crippen LogP contribution in [-0.2, 0) is 6.61 Å². The average Bonchev–Trinajstić information content (AvgIpc) is 2.67. The van der Waals surface area contributed by atoms with Crippen molar-refractivity contribution in [2.24, 2.45) is 4.99 Å². The van der Waals surface area contributed by atoms with Gasteiger partial charge < -0.3 is 9.84 Å². The van der Waals surface area contributed by atoms with Crippen molar-refractivity contribution >= 4 is 61.3 Å². The number of aromatic carboxylic acids is 1. The van der Waals surface area contributed by atoms with Crippen LogP contribution in [0.25, 0.3) is 0 Å². The minimum atomic E-state index is -1.02. The van der Waals surface area contributed by atoms with Crippen molar-refractivity contribution in [2.45, 2.75) is 6.61 Å². The third kappa shape index (κ3) is 5.44. The summed E-state index contributed by atoms with van der Waals surface area (Å²) < 4.78 is 7.79. The van der Waals surface area contributed by atoms with Crippen LogP contribution in [0.2, 0.25) is 5.02 Å². The molecule has 0 heterocycles. The van der Waals surface area contributed by atoms with E-state index in [1.165, 1.54) is 18.2 Å². The Morgan fingerprint density at radius 3 is 2.50 bits per heavy atom. The summed E-state index contributed by atoms with van der Waals surface area (Å²) in [5.41, 5.74) is 2.43. The molecule has 4 nitrogen and oxygen atoms in total. The molecule has 142 valence electrons. The van der Waals surface area contributed by atoms with Gasteiger partial charge in [-0.15, -0.1) is 0 Å². The van der Waals surface area contributed by atoms with Gasteiger partial charge in [-0.25, -0.2) is 4.79 Å². The summed E-state index contributed by atoms with van der Waals surface area (Å²) in [6.07, 6.45) is 1.63. The second-order valence-electron chi connectivity index (χ2n) is 5.82. The highest BCUT2D eigenvalue weighted by atomic mass is 79.9. The minimum Gasteiger partial charge on any atom is -0.489 e. The van der Waals surface area contributed by atoms with E-state index in [9.17, 15) is 4.79 Å². The molecule has 0 spiro atoms. The maximum atomic E-state index is 11.1. The lowest BCUT2D eigenvalue weighted by molar-refractivity contribution is 0.0697. The smallest absolute Gasteiger partial charge is 0.335 e. The molecule has 0 aliphatic rings. The van der Waals surface area contributed by atoms with E-state index in [1.807, 2.05) is 42.5 Å². The molecular weight excluding hydrogens is 509 g/mol. The van der Waals surface area contributed by atoms with Gasteiger partial charge in [0, 0.05) is 20.7 Å². The second kappa shape index (κ2) is 9.37. The Hall–Kier alpha value is -2.15. The molecule has 3 aromatic rings. The van der Waals surface area contributed by atoms with Crippen LogP contribution in [0.4, 0.5) is 5.69 Å². The highest BCUT2D eigenvalue weighted by molar-refractivity contribution is 9.11. The first kappa shape index (κ1) is 20.6. The SMILES string of the molecule is O=C(O)c1ccc(Cl)c(N=Cc2ccc(OCc3ccc(Br)cc3Br)cc2)c1. The molecule has 0 fully saturated rings. The van der Waals surface area contributed by atoms with Crippen LogP contribution in [0.3, 0.4) is 0 Å². The van der Waals surface area contributed by atoms with Gasteiger partial charge in [0.25, 0.3) is 0 Å². The maximum Gasteiger partial charge on any atom is 0.335 e. The summed E-state index contributed by atoms with van der Waals surface area (Å²) >= 11 is 13.0.